The van der Waals surface area contributed by atoms with E-state index in [1.54, 1.807) is 0 Å². The number of nitrogens with one attached hydrogen (secondary N) is 1. The van der Waals surface area contributed by atoms with Crippen molar-refractivity contribution in [2.24, 2.45) is 0 Å². The van der Waals surface area contributed by atoms with E-state index in [4.69, 9.17) is 0 Å². The van der Waals surface area contributed by atoms with Crippen LogP contribution < -0.4 is 5.32 Å². The first-order valence-corrected chi connectivity index (χ1v) is 6.27. The lowest BCUT2D eigenvalue weighted by Gasteiger charge is -2.29. The second-order valence-corrected chi connectivity index (χ2v) is 5.19. The van der Waals surface area contributed by atoms with Gasteiger partial charge in [-0.1, -0.05) is 6.07 Å². The second kappa shape index (κ2) is 3.81. The fraction of sp³-hybridized carbons (Fsp3) is 0.556. The van der Waals surface area contributed by atoms with Crippen molar-refractivity contribution in [2.75, 3.05) is 11.5 Å². The SMILES string of the molecule is C[C@H](NC1CSC1)c1cccs1. The maximum Gasteiger partial charge on any atom is 0.0388 e. The van der Waals surface area contributed by atoms with Crippen LogP contribution in [0.25, 0.3) is 0 Å². The van der Waals surface area contributed by atoms with Gasteiger partial charge in [-0.15, -0.1) is 11.3 Å². The van der Waals surface area contributed by atoms with Crippen molar-refractivity contribution < 1.29 is 0 Å². The van der Waals surface area contributed by atoms with Crippen LogP contribution >= 0.6 is 23.1 Å². The molecule has 2 rings (SSSR count). The summed E-state index contributed by atoms with van der Waals surface area (Å²) in [5.41, 5.74) is 0. The van der Waals surface area contributed by atoms with Gasteiger partial charge in [0.15, 0.2) is 0 Å². The number of rotatable bonds is 3. The summed E-state index contributed by atoms with van der Waals surface area (Å²) in [5.74, 6) is 2.57. The Morgan fingerprint density at radius 1 is 1.58 bits per heavy atom. The predicted molar refractivity (Wildman–Crippen MR) is 57.0 cm³/mol. The van der Waals surface area contributed by atoms with Crippen LogP contribution in [0.1, 0.15) is 17.8 Å². The summed E-state index contributed by atoms with van der Waals surface area (Å²) in [7, 11) is 0. The Morgan fingerprint density at radius 3 is 2.92 bits per heavy atom. The fourth-order valence-electron chi connectivity index (χ4n) is 1.31. The zero-order chi connectivity index (χ0) is 8.39. The second-order valence-electron chi connectivity index (χ2n) is 3.14. The summed E-state index contributed by atoms with van der Waals surface area (Å²) in [6.45, 7) is 2.24. The third-order valence-electron chi connectivity index (χ3n) is 2.09. The molecule has 1 aliphatic rings. The van der Waals surface area contributed by atoms with Crippen LogP contribution in [-0.4, -0.2) is 17.5 Å². The lowest BCUT2D eigenvalue weighted by molar-refractivity contribution is 0.508. The van der Waals surface area contributed by atoms with Crippen molar-refractivity contribution in [1.29, 1.82) is 0 Å². The van der Waals surface area contributed by atoms with Crippen LogP contribution in [0.3, 0.4) is 0 Å². The van der Waals surface area contributed by atoms with Gasteiger partial charge >= 0.3 is 0 Å². The molecule has 1 aromatic rings. The average molecular weight is 199 g/mol. The molecule has 2 heterocycles. The Balaban J connectivity index is 1.87. The van der Waals surface area contributed by atoms with E-state index in [1.807, 2.05) is 23.1 Å². The minimum atomic E-state index is 0.538. The highest BCUT2D eigenvalue weighted by Crippen LogP contribution is 2.23. The van der Waals surface area contributed by atoms with E-state index in [2.05, 4.69) is 29.8 Å². The van der Waals surface area contributed by atoms with Gasteiger partial charge < -0.3 is 5.32 Å². The molecule has 66 valence electrons. The van der Waals surface area contributed by atoms with Gasteiger partial charge in [-0.25, -0.2) is 0 Å². The molecule has 1 atom stereocenters. The van der Waals surface area contributed by atoms with E-state index in [9.17, 15) is 0 Å². The number of thioether (sulfide) groups is 1. The van der Waals surface area contributed by atoms with Gasteiger partial charge in [-0.05, 0) is 18.4 Å². The molecular weight excluding hydrogens is 186 g/mol. The van der Waals surface area contributed by atoms with Crippen LogP contribution in [0.2, 0.25) is 0 Å². The van der Waals surface area contributed by atoms with Gasteiger partial charge in [0, 0.05) is 28.5 Å². The van der Waals surface area contributed by atoms with E-state index in [1.165, 1.54) is 16.4 Å². The maximum atomic E-state index is 3.61. The molecule has 1 fully saturated rings. The quantitative estimate of drug-likeness (QED) is 0.803. The summed E-state index contributed by atoms with van der Waals surface area (Å²) in [5, 5.41) is 5.75. The van der Waals surface area contributed by atoms with Crippen LogP contribution in [-0.2, 0) is 0 Å². The zero-order valence-electron chi connectivity index (χ0n) is 7.12. The molecule has 0 aromatic carbocycles. The minimum Gasteiger partial charge on any atom is -0.305 e. The molecule has 0 aliphatic carbocycles. The van der Waals surface area contributed by atoms with E-state index in [0.717, 1.165) is 6.04 Å². The molecular formula is C9H13NS2. The largest absolute Gasteiger partial charge is 0.305 e. The molecule has 0 amide bonds. The first-order valence-electron chi connectivity index (χ1n) is 4.23. The first kappa shape index (κ1) is 8.60. The summed E-state index contributed by atoms with van der Waals surface area (Å²) in [4.78, 5) is 1.45. The minimum absolute atomic E-state index is 0.538. The lowest BCUT2D eigenvalue weighted by atomic mass is 10.2. The Morgan fingerprint density at radius 2 is 2.42 bits per heavy atom. The van der Waals surface area contributed by atoms with Crippen molar-refractivity contribution in [1.82, 2.24) is 5.32 Å². The van der Waals surface area contributed by atoms with Crippen molar-refractivity contribution in [3.8, 4) is 0 Å². The van der Waals surface area contributed by atoms with Crippen LogP contribution in [0, 0.1) is 0 Å². The van der Waals surface area contributed by atoms with Crippen molar-refractivity contribution in [3.05, 3.63) is 22.4 Å². The Bertz CT molecular complexity index is 229. The summed E-state index contributed by atoms with van der Waals surface area (Å²) >= 11 is 3.86. The Kier molecular flexibility index (Phi) is 2.73. The predicted octanol–water partition coefficient (Wildman–Crippen LogP) is 2.51. The van der Waals surface area contributed by atoms with Gasteiger partial charge in [0.1, 0.15) is 0 Å². The zero-order valence-corrected chi connectivity index (χ0v) is 8.75. The number of hydrogen-bond donors (Lipinski definition) is 1. The van der Waals surface area contributed by atoms with E-state index >= 15 is 0 Å². The third-order valence-corrected chi connectivity index (χ3v) is 4.42. The molecule has 1 aromatic heterocycles. The highest BCUT2D eigenvalue weighted by Gasteiger charge is 2.20. The highest BCUT2D eigenvalue weighted by atomic mass is 32.2. The molecule has 1 nitrogen and oxygen atoms in total. The van der Waals surface area contributed by atoms with Crippen molar-refractivity contribution in [3.63, 3.8) is 0 Å². The number of hydrogen-bond acceptors (Lipinski definition) is 3. The molecule has 0 radical (unpaired) electrons. The van der Waals surface area contributed by atoms with E-state index < -0.39 is 0 Å². The molecule has 0 unspecified atom stereocenters. The average Bonchev–Trinajstić information content (AvgIpc) is 2.47. The van der Waals surface area contributed by atoms with Gasteiger partial charge in [0.2, 0.25) is 0 Å². The molecule has 1 N–H and O–H groups in total. The van der Waals surface area contributed by atoms with E-state index in [-0.39, 0.29) is 0 Å². The van der Waals surface area contributed by atoms with E-state index in [0.29, 0.717) is 6.04 Å². The molecule has 1 saturated heterocycles. The van der Waals surface area contributed by atoms with Gasteiger partial charge in [0.05, 0.1) is 0 Å². The molecule has 0 saturated carbocycles. The molecule has 1 aliphatic heterocycles. The molecule has 3 heteroatoms. The fourth-order valence-corrected chi connectivity index (χ4v) is 2.71. The van der Waals surface area contributed by atoms with Gasteiger partial charge in [-0.3, -0.25) is 0 Å². The Labute approximate surface area is 81.6 Å². The van der Waals surface area contributed by atoms with Crippen LogP contribution in [0.4, 0.5) is 0 Å². The van der Waals surface area contributed by atoms with Crippen LogP contribution in [0.15, 0.2) is 17.5 Å². The summed E-state index contributed by atoms with van der Waals surface area (Å²) in [6, 6.07) is 5.62. The summed E-state index contributed by atoms with van der Waals surface area (Å²) < 4.78 is 0. The topological polar surface area (TPSA) is 12.0 Å². The van der Waals surface area contributed by atoms with Crippen molar-refractivity contribution >= 4 is 23.1 Å². The van der Waals surface area contributed by atoms with Gasteiger partial charge in [-0.2, -0.15) is 11.8 Å². The monoisotopic (exact) mass is 199 g/mol. The Hall–Kier alpha value is 0.01000. The molecule has 12 heavy (non-hydrogen) atoms. The number of thiophene rings is 1. The smallest absolute Gasteiger partial charge is 0.0388 e. The third kappa shape index (κ3) is 1.84. The molecule has 0 bridgehead atoms. The maximum absolute atomic E-state index is 3.61. The standard InChI is InChI=1S/C9H13NS2/c1-7(9-3-2-4-12-9)10-8-5-11-6-8/h2-4,7-8,10H,5-6H2,1H3/t7-/m0/s1. The highest BCUT2D eigenvalue weighted by molar-refractivity contribution is 8.00. The summed E-state index contributed by atoms with van der Waals surface area (Å²) in [6.07, 6.45) is 0. The lowest BCUT2D eigenvalue weighted by Crippen LogP contribution is -2.41. The van der Waals surface area contributed by atoms with Crippen molar-refractivity contribution in [2.45, 2.75) is 19.0 Å². The molecule has 0 spiro atoms. The van der Waals surface area contributed by atoms with Crippen LogP contribution in [0.5, 0.6) is 0 Å². The van der Waals surface area contributed by atoms with Gasteiger partial charge in [0.25, 0.3) is 0 Å². The normalized spacial score (nSPS) is 20.4. The first-order chi connectivity index (χ1) is 5.86.